The monoisotopic (exact) mass is 206 g/mol. The van der Waals surface area contributed by atoms with Crippen molar-refractivity contribution in [3.63, 3.8) is 0 Å². The number of likely N-dealkylation sites (N-methyl/N-ethyl adjacent to an activating group) is 1. The summed E-state index contributed by atoms with van der Waals surface area (Å²) in [5, 5.41) is 0. The number of rotatable bonds is 3. The first-order valence-corrected chi connectivity index (χ1v) is 4.77. The zero-order chi connectivity index (χ0) is 11.3. The fraction of sp³-hybridized carbons (Fsp3) is 0.273. The van der Waals surface area contributed by atoms with E-state index in [0.29, 0.717) is 13.1 Å². The molecule has 0 saturated carbocycles. The Labute approximate surface area is 88.7 Å². The highest BCUT2D eigenvalue weighted by atomic mass is 16.2. The molecule has 0 aliphatic rings. The highest BCUT2D eigenvalue weighted by molar-refractivity contribution is 6.34. The summed E-state index contributed by atoms with van der Waals surface area (Å²) in [4.78, 5) is 23.5. The normalized spacial score (nSPS) is 9.67. The molecule has 1 aromatic carbocycles. The number of nitrogens with zero attached hydrogens (tertiary/aromatic N) is 1. The largest absolute Gasteiger partial charge is 0.361 e. The lowest BCUT2D eigenvalue weighted by molar-refractivity contribution is -0.144. The summed E-state index contributed by atoms with van der Waals surface area (Å²) in [5.41, 5.74) is 5.92. The van der Waals surface area contributed by atoms with E-state index in [1.165, 1.54) is 4.90 Å². The van der Waals surface area contributed by atoms with E-state index in [-0.39, 0.29) is 0 Å². The Kier molecular flexibility index (Phi) is 3.85. The first-order valence-electron chi connectivity index (χ1n) is 4.77. The van der Waals surface area contributed by atoms with E-state index < -0.39 is 11.8 Å². The molecule has 0 radical (unpaired) electrons. The van der Waals surface area contributed by atoms with Crippen LogP contribution in [0.25, 0.3) is 0 Å². The molecule has 0 atom stereocenters. The molecular weight excluding hydrogens is 192 g/mol. The topological polar surface area (TPSA) is 63.4 Å². The van der Waals surface area contributed by atoms with Gasteiger partial charge in [-0.1, -0.05) is 30.3 Å². The van der Waals surface area contributed by atoms with Gasteiger partial charge in [-0.25, -0.2) is 0 Å². The first-order chi connectivity index (χ1) is 7.15. The second-order valence-electron chi connectivity index (χ2n) is 3.17. The minimum atomic E-state index is -0.909. The van der Waals surface area contributed by atoms with Crippen LogP contribution in [0.15, 0.2) is 30.3 Å². The summed E-state index contributed by atoms with van der Waals surface area (Å²) in [7, 11) is 0. The van der Waals surface area contributed by atoms with Crippen molar-refractivity contribution in [1.82, 2.24) is 4.90 Å². The van der Waals surface area contributed by atoms with Gasteiger partial charge >= 0.3 is 11.8 Å². The molecule has 1 rings (SSSR count). The lowest BCUT2D eigenvalue weighted by Gasteiger charge is -2.18. The van der Waals surface area contributed by atoms with Crippen molar-refractivity contribution >= 4 is 11.8 Å². The van der Waals surface area contributed by atoms with Gasteiger partial charge in [0.25, 0.3) is 0 Å². The van der Waals surface area contributed by atoms with Crippen LogP contribution in [0.3, 0.4) is 0 Å². The molecule has 0 spiro atoms. The minimum Gasteiger partial charge on any atom is -0.361 e. The van der Waals surface area contributed by atoms with Gasteiger partial charge in [0.2, 0.25) is 0 Å². The zero-order valence-electron chi connectivity index (χ0n) is 8.64. The van der Waals surface area contributed by atoms with Crippen LogP contribution < -0.4 is 5.73 Å². The van der Waals surface area contributed by atoms with Crippen molar-refractivity contribution in [3.8, 4) is 0 Å². The lowest BCUT2D eigenvalue weighted by Crippen LogP contribution is -2.39. The molecule has 80 valence electrons. The van der Waals surface area contributed by atoms with Crippen LogP contribution in [0, 0.1) is 0 Å². The molecule has 2 N–H and O–H groups in total. The number of nitrogens with two attached hydrogens (primary N) is 1. The third-order valence-electron chi connectivity index (χ3n) is 2.10. The summed E-state index contributed by atoms with van der Waals surface area (Å²) in [6, 6.07) is 9.47. The van der Waals surface area contributed by atoms with E-state index >= 15 is 0 Å². The van der Waals surface area contributed by atoms with Crippen LogP contribution in [0.2, 0.25) is 0 Å². The Morgan fingerprint density at radius 1 is 1.27 bits per heavy atom. The number of carbonyl (C=O) groups is 2. The second kappa shape index (κ2) is 5.14. The van der Waals surface area contributed by atoms with Crippen LogP contribution in [0.4, 0.5) is 0 Å². The quantitative estimate of drug-likeness (QED) is 0.733. The summed E-state index contributed by atoms with van der Waals surface area (Å²) in [6.07, 6.45) is 0. The predicted molar refractivity (Wildman–Crippen MR) is 56.7 cm³/mol. The molecule has 4 heteroatoms. The summed E-state index contributed by atoms with van der Waals surface area (Å²) in [6.45, 7) is 2.69. The van der Waals surface area contributed by atoms with Crippen LogP contribution in [-0.2, 0) is 16.1 Å². The average molecular weight is 206 g/mol. The maximum atomic E-state index is 11.3. The van der Waals surface area contributed by atoms with Crippen LogP contribution >= 0.6 is 0 Å². The van der Waals surface area contributed by atoms with Gasteiger partial charge in [0.15, 0.2) is 0 Å². The third kappa shape index (κ3) is 3.09. The molecule has 1 aromatic rings. The van der Waals surface area contributed by atoms with Gasteiger partial charge in [0, 0.05) is 13.1 Å². The summed E-state index contributed by atoms with van der Waals surface area (Å²) in [5.74, 6) is -1.55. The molecule has 0 aliphatic heterocycles. The molecule has 2 amide bonds. The van der Waals surface area contributed by atoms with Gasteiger partial charge in [-0.3, -0.25) is 9.59 Å². The van der Waals surface area contributed by atoms with E-state index in [9.17, 15) is 9.59 Å². The van der Waals surface area contributed by atoms with Crippen molar-refractivity contribution in [3.05, 3.63) is 35.9 Å². The SMILES string of the molecule is CCN(Cc1ccccc1)C(=O)C(N)=O. The number of carbonyl (C=O) groups excluding carboxylic acids is 2. The molecule has 0 bridgehead atoms. The molecule has 4 nitrogen and oxygen atoms in total. The number of hydrogen-bond donors (Lipinski definition) is 1. The summed E-state index contributed by atoms with van der Waals surface area (Å²) >= 11 is 0. The van der Waals surface area contributed by atoms with Crippen molar-refractivity contribution in [2.24, 2.45) is 5.73 Å². The third-order valence-corrected chi connectivity index (χ3v) is 2.10. The Balaban J connectivity index is 2.70. The summed E-state index contributed by atoms with van der Waals surface area (Å²) < 4.78 is 0. The van der Waals surface area contributed by atoms with Gasteiger partial charge in [-0.15, -0.1) is 0 Å². The highest BCUT2D eigenvalue weighted by Gasteiger charge is 2.16. The van der Waals surface area contributed by atoms with E-state index in [0.717, 1.165) is 5.56 Å². The van der Waals surface area contributed by atoms with Gasteiger partial charge in [0.05, 0.1) is 0 Å². The maximum Gasteiger partial charge on any atom is 0.311 e. The van der Waals surface area contributed by atoms with E-state index in [2.05, 4.69) is 0 Å². The average Bonchev–Trinajstić information content (AvgIpc) is 2.26. The lowest BCUT2D eigenvalue weighted by atomic mass is 10.2. The first kappa shape index (κ1) is 11.2. The molecule has 0 heterocycles. The fourth-order valence-corrected chi connectivity index (χ4v) is 1.29. The zero-order valence-corrected chi connectivity index (χ0v) is 8.64. The van der Waals surface area contributed by atoms with Crippen LogP contribution in [0.1, 0.15) is 12.5 Å². The smallest absolute Gasteiger partial charge is 0.311 e. The number of benzene rings is 1. The Bertz CT molecular complexity index is 349. The fourth-order valence-electron chi connectivity index (χ4n) is 1.29. The van der Waals surface area contributed by atoms with Crippen LogP contribution in [0.5, 0.6) is 0 Å². The molecular formula is C11H14N2O2. The molecule has 0 aliphatic carbocycles. The Hall–Kier alpha value is -1.84. The molecule has 0 fully saturated rings. The number of hydrogen-bond acceptors (Lipinski definition) is 2. The van der Waals surface area contributed by atoms with E-state index in [1.54, 1.807) is 0 Å². The van der Waals surface area contributed by atoms with E-state index in [4.69, 9.17) is 5.73 Å². The molecule has 0 saturated heterocycles. The standard InChI is InChI=1S/C11H14N2O2/c1-2-13(11(15)10(12)14)8-9-6-4-3-5-7-9/h3-7H,2,8H2,1H3,(H2,12,14). The highest BCUT2D eigenvalue weighted by Crippen LogP contribution is 2.04. The number of primary amides is 1. The van der Waals surface area contributed by atoms with E-state index in [1.807, 2.05) is 37.3 Å². The van der Waals surface area contributed by atoms with Crippen molar-refractivity contribution < 1.29 is 9.59 Å². The van der Waals surface area contributed by atoms with Gasteiger partial charge < -0.3 is 10.6 Å². The van der Waals surface area contributed by atoms with Crippen molar-refractivity contribution in [2.75, 3.05) is 6.54 Å². The maximum absolute atomic E-state index is 11.3. The molecule has 0 aromatic heterocycles. The van der Waals surface area contributed by atoms with Gasteiger partial charge in [0.1, 0.15) is 0 Å². The van der Waals surface area contributed by atoms with Crippen LogP contribution in [-0.4, -0.2) is 23.3 Å². The van der Waals surface area contributed by atoms with Crippen molar-refractivity contribution in [2.45, 2.75) is 13.5 Å². The Morgan fingerprint density at radius 2 is 1.87 bits per heavy atom. The molecule has 15 heavy (non-hydrogen) atoms. The number of amides is 2. The molecule has 0 unspecified atom stereocenters. The van der Waals surface area contributed by atoms with Crippen molar-refractivity contribution in [1.29, 1.82) is 0 Å². The van der Waals surface area contributed by atoms with Gasteiger partial charge in [-0.05, 0) is 12.5 Å². The minimum absolute atomic E-state index is 0.416. The second-order valence-corrected chi connectivity index (χ2v) is 3.17. The predicted octanol–water partition coefficient (Wildman–Crippen LogP) is 0.520. The Morgan fingerprint density at radius 3 is 2.33 bits per heavy atom. The van der Waals surface area contributed by atoms with Gasteiger partial charge in [-0.2, -0.15) is 0 Å².